The Kier molecular flexibility index (Phi) is 5.06. The van der Waals surface area contributed by atoms with Gasteiger partial charge in [0.1, 0.15) is 17.8 Å². The van der Waals surface area contributed by atoms with Gasteiger partial charge < -0.3 is 28.8 Å². The quantitative estimate of drug-likeness (QED) is 0.340. The van der Waals surface area contributed by atoms with Crippen LogP contribution in [0.5, 0.6) is 0 Å². The zero-order valence-electron chi connectivity index (χ0n) is 20.9. The van der Waals surface area contributed by atoms with Crippen molar-refractivity contribution >= 4 is 18.4 Å². The third-order valence-corrected chi connectivity index (χ3v) is 10.7. The minimum atomic E-state index is -1.27. The molecule has 11 atom stereocenters. The van der Waals surface area contributed by atoms with E-state index in [0.717, 1.165) is 31.1 Å². The molecule has 8 nitrogen and oxygen atoms in total. The Labute approximate surface area is 205 Å². The van der Waals surface area contributed by atoms with Crippen LogP contribution in [-0.4, -0.2) is 54.7 Å². The average molecular weight is 489 g/mol. The second-order valence-corrected chi connectivity index (χ2v) is 12.3. The zero-order valence-corrected chi connectivity index (χ0v) is 20.9. The molecule has 4 aliphatic carbocycles. The molecule has 35 heavy (non-hydrogen) atoms. The molecule has 1 N–H and O–H groups in total. The van der Waals surface area contributed by atoms with Crippen molar-refractivity contribution in [1.82, 2.24) is 0 Å². The largest absolute Gasteiger partial charge is 0.509 e. The number of carbonyl (C=O) groups excluding carboxylic acids is 2. The number of carbonyl (C=O) groups is 3. The lowest BCUT2D eigenvalue weighted by Gasteiger charge is -2.58. The number of fused-ring (bicyclic) bond motifs is 3. The van der Waals surface area contributed by atoms with E-state index in [1.165, 1.54) is 0 Å². The molecule has 5 fully saturated rings. The van der Waals surface area contributed by atoms with Crippen LogP contribution in [0.3, 0.4) is 0 Å². The first-order valence-electron chi connectivity index (χ1n) is 13.2. The summed E-state index contributed by atoms with van der Waals surface area (Å²) < 4.78 is 23.0. The smallest absolute Gasteiger partial charge is 0.481 e. The second-order valence-electron chi connectivity index (χ2n) is 12.3. The van der Waals surface area contributed by atoms with Gasteiger partial charge in [-0.25, -0.2) is 4.79 Å². The lowest BCUT2D eigenvalue weighted by atomic mass is 9.43. The van der Waals surface area contributed by atoms with Crippen LogP contribution in [0.2, 0.25) is 0 Å². The molecule has 4 bridgehead atoms. The fraction of sp³-hybridized carbons (Fsp3) is 0.815. The van der Waals surface area contributed by atoms with Gasteiger partial charge in [-0.2, -0.15) is 0 Å². The molecule has 3 saturated carbocycles. The molecular weight excluding hydrogens is 452 g/mol. The maximum atomic E-state index is 13.5. The van der Waals surface area contributed by atoms with Gasteiger partial charge >= 0.3 is 12.1 Å². The van der Waals surface area contributed by atoms with Crippen LogP contribution in [0.1, 0.15) is 59.8 Å². The first kappa shape index (κ1) is 23.5. The fourth-order valence-corrected chi connectivity index (χ4v) is 9.53. The van der Waals surface area contributed by atoms with Crippen LogP contribution in [-0.2, 0) is 28.5 Å². The molecule has 0 aromatic rings. The summed E-state index contributed by atoms with van der Waals surface area (Å²) in [5.41, 5.74) is -1.98. The third-order valence-electron chi connectivity index (χ3n) is 10.7. The Morgan fingerprint density at radius 1 is 1.26 bits per heavy atom. The molecule has 2 saturated heterocycles. The summed E-state index contributed by atoms with van der Waals surface area (Å²) in [5, 5.41) is 11.0. The number of carboxylic acid groups (broad SMARTS) is 1. The summed E-state index contributed by atoms with van der Waals surface area (Å²) in [4.78, 5) is 38.2. The average Bonchev–Trinajstić information content (AvgIpc) is 3.49. The van der Waals surface area contributed by atoms with E-state index in [1.807, 2.05) is 20.8 Å². The predicted molar refractivity (Wildman–Crippen MR) is 122 cm³/mol. The van der Waals surface area contributed by atoms with E-state index in [0.29, 0.717) is 24.7 Å². The Morgan fingerprint density at radius 3 is 2.71 bits per heavy atom. The molecule has 6 rings (SSSR count). The standard InChI is InChI=1S/C27H36O8/c1-13(2)19-7-16-9-25(11-28)18-6-5-14(3)17(18)10-26(16,27(19,25)23(29)30)12-32-21-8-20-22(15(4)33-21)35-24(31)34-20/h7,11,13-18,20-22H,5-6,8-10,12H2,1-4H3,(H,29,30)/t14-,15-,16?,17-,18-,20+,21-,22-,25?,26?,27?/m1/s1. The maximum Gasteiger partial charge on any atom is 0.509 e. The molecule has 0 amide bonds. The fourth-order valence-electron chi connectivity index (χ4n) is 9.53. The van der Waals surface area contributed by atoms with E-state index in [-0.39, 0.29) is 30.5 Å². The Balaban J connectivity index is 1.38. The number of allylic oxidation sites excluding steroid dienone is 1. The maximum absolute atomic E-state index is 13.5. The van der Waals surface area contributed by atoms with E-state index in [2.05, 4.69) is 13.0 Å². The van der Waals surface area contributed by atoms with Gasteiger partial charge in [0.15, 0.2) is 12.4 Å². The zero-order chi connectivity index (χ0) is 24.9. The van der Waals surface area contributed by atoms with Gasteiger partial charge in [0.25, 0.3) is 0 Å². The highest BCUT2D eigenvalue weighted by atomic mass is 16.8. The highest BCUT2D eigenvalue weighted by Gasteiger charge is 2.84. The molecule has 6 aliphatic rings. The third kappa shape index (κ3) is 2.68. The monoisotopic (exact) mass is 488 g/mol. The van der Waals surface area contributed by atoms with E-state index in [1.54, 1.807) is 0 Å². The predicted octanol–water partition coefficient (Wildman–Crippen LogP) is 3.97. The van der Waals surface area contributed by atoms with Gasteiger partial charge in [-0.15, -0.1) is 0 Å². The summed E-state index contributed by atoms with van der Waals surface area (Å²) in [6, 6.07) is 0. The van der Waals surface area contributed by atoms with E-state index >= 15 is 0 Å². The van der Waals surface area contributed by atoms with Gasteiger partial charge in [-0.05, 0) is 55.8 Å². The summed E-state index contributed by atoms with van der Waals surface area (Å²) in [5.74, 6) is -0.0455. The van der Waals surface area contributed by atoms with Crippen molar-refractivity contribution in [3.05, 3.63) is 11.6 Å². The molecule has 0 aromatic heterocycles. The number of carboxylic acids is 1. The Morgan fingerprint density at radius 2 is 2.03 bits per heavy atom. The molecule has 0 aromatic carbocycles. The second kappa shape index (κ2) is 7.54. The molecule has 2 heterocycles. The highest BCUT2D eigenvalue weighted by Crippen LogP contribution is 2.82. The molecule has 4 unspecified atom stereocenters. The van der Waals surface area contributed by atoms with Gasteiger partial charge in [0, 0.05) is 11.8 Å². The Hall–Kier alpha value is -1.93. The summed E-state index contributed by atoms with van der Waals surface area (Å²) in [6.45, 7) is 8.35. The number of ether oxygens (including phenoxy) is 4. The Bertz CT molecular complexity index is 990. The number of rotatable bonds is 6. The summed E-state index contributed by atoms with van der Waals surface area (Å²) in [7, 11) is 0. The summed E-state index contributed by atoms with van der Waals surface area (Å²) >= 11 is 0. The lowest BCUT2D eigenvalue weighted by molar-refractivity contribution is -0.248. The van der Waals surface area contributed by atoms with Crippen molar-refractivity contribution in [3.8, 4) is 0 Å². The van der Waals surface area contributed by atoms with Crippen LogP contribution in [0.25, 0.3) is 0 Å². The molecule has 2 aliphatic heterocycles. The van der Waals surface area contributed by atoms with Crippen molar-refractivity contribution in [2.24, 2.45) is 45.8 Å². The van der Waals surface area contributed by atoms with Crippen LogP contribution in [0, 0.1) is 45.8 Å². The van der Waals surface area contributed by atoms with Crippen molar-refractivity contribution in [2.75, 3.05) is 6.61 Å². The van der Waals surface area contributed by atoms with Crippen LogP contribution in [0.15, 0.2) is 11.6 Å². The van der Waals surface area contributed by atoms with Crippen LogP contribution < -0.4 is 0 Å². The SMILES string of the molecule is CC(C)C1=CC2CC3(C=O)[C@@H]4CC[C@@H](C)[C@H]4CC2(CO[C@H]2C[C@@H]4OC(=O)O[C@@H]4[C@@H](C)O2)C13C(=O)O. The van der Waals surface area contributed by atoms with Gasteiger partial charge in [-0.1, -0.05) is 38.8 Å². The number of hydrogen-bond acceptors (Lipinski definition) is 7. The summed E-state index contributed by atoms with van der Waals surface area (Å²) in [6.07, 6.45) is 4.18. The first-order chi connectivity index (χ1) is 16.6. The van der Waals surface area contributed by atoms with E-state index in [9.17, 15) is 19.5 Å². The molecule has 8 heteroatoms. The molecule has 192 valence electrons. The molecular formula is C27H36O8. The van der Waals surface area contributed by atoms with Gasteiger partial charge in [0.2, 0.25) is 0 Å². The van der Waals surface area contributed by atoms with Crippen molar-refractivity contribution in [3.63, 3.8) is 0 Å². The van der Waals surface area contributed by atoms with Crippen molar-refractivity contribution < 1.29 is 38.4 Å². The minimum Gasteiger partial charge on any atom is -0.481 e. The molecule has 0 radical (unpaired) electrons. The minimum absolute atomic E-state index is 0.0206. The van der Waals surface area contributed by atoms with Crippen molar-refractivity contribution in [1.29, 1.82) is 0 Å². The van der Waals surface area contributed by atoms with E-state index in [4.69, 9.17) is 18.9 Å². The number of hydrogen-bond donors (Lipinski definition) is 1. The molecule has 0 spiro atoms. The topological polar surface area (TPSA) is 108 Å². The highest BCUT2D eigenvalue weighted by molar-refractivity contribution is 5.90. The van der Waals surface area contributed by atoms with Crippen LogP contribution >= 0.6 is 0 Å². The van der Waals surface area contributed by atoms with Gasteiger partial charge in [-0.3, -0.25) is 4.79 Å². The van der Waals surface area contributed by atoms with Gasteiger partial charge in [0.05, 0.1) is 18.1 Å². The number of aldehydes is 1. The normalized spacial score (nSPS) is 51.5. The number of aliphatic carboxylic acids is 1. The van der Waals surface area contributed by atoms with Crippen molar-refractivity contribution in [2.45, 2.75) is 84.4 Å². The lowest BCUT2D eigenvalue weighted by Crippen LogP contribution is -2.63. The first-order valence-corrected chi connectivity index (χ1v) is 13.2. The van der Waals surface area contributed by atoms with E-state index < -0.39 is 46.9 Å². The van der Waals surface area contributed by atoms with Crippen LogP contribution in [0.4, 0.5) is 4.79 Å².